The van der Waals surface area contributed by atoms with E-state index in [1.54, 1.807) is 7.11 Å². The van der Waals surface area contributed by atoms with Crippen LogP contribution in [0.3, 0.4) is 0 Å². The van der Waals surface area contributed by atoms with Crippen LogP contribution in [-0.2, 0) is 4.79 Å². The number of benzene rings is 1. The molecule has 1 saturated heterocycles. The van der Waals surface area contributed by atoms with Crippen LogP contribution in [0.15, 0.2) is 12.1 Å². The molecule has 0 aliphatic carbocycles. The molecule has 0 bridgehead atoms. The molecular formula is C20H30N2O3. The number of carbonyl (C=O) groups excluding carboxylic acids is 2. The summed E-state index contributed by atoms with van der Waals surface area (Å²) in [5.74, 6) is 0.755. The molecule has 1 aromatic rings. The molecule has 0 saturated carbocycles. The summed E-state index contributed by atoms with van der Waals surface area (Å²) < 4.78 is 5.40. The maximum atomic E-state index is 12.9. The molecule has 1 aliphatic heterocycles. The molecule has 0 unspecified atom stereocenters. The molecule has 0 radical (unpaired) electrons. The first-order valence-electron chi connectivity index (χ1n) is 8.84. The zero-order chi connectivity index (χ0) is 18.8. The van der Waals surface area contributed by atoms with E-state index in [0.717, 1.165) is 11.1 Å². The van der Waals surface area contributed by atoms with Crippen LogP contribution in [0.5, 0.6) is 5.75 Å². The first-order valence-corrected chi connectivity index (χ1v) is 8.84. The Labute approximate surface area is 150 Å². The molecule has 1 aromatic carbocycles. The van der Waals surface area contributed by atoms with Gasteiger partial charge in [0.05, 0.1) is 12.7 Å². The van der Waals surface area contributed by atoms with Crippen molar-refractivity contribution in [1.29, 1.82) is 0 Å². The highest BCUT2D eigenvalue weighted by Gasteiger charge is 2.28. The average Bonchev–Trinajstić information content (AvgIpc) is 2.55. The molecule has 138 valence electrons. The number of amides is 2. The van der Waals surface area contributed by atoms with Gasteiger partial charge in [0.15, 0.2) is 0 Å². The van der Waals surface area contributed by atoms with E-state index in [-0.39, 0.29) is 17.2 Å². The molecule has 5 heteroatoms. The SMILES string of the molecule is COc1cc(C)c(C)cc1C(=O)N1CCN(C(=O)CC(C)(C)C)CC1. The highest BCUT2D eigenvalue weighted by atomic mass is 16.5. The Morgan fingerprint density at radius 1 is 1.00 bits per heavy atom. The highest BCUT2D eigenvalue weighted by Crippen LogP contribution is 2.25. The summed E-state index contributed by atoms with van der Waals surface area (Å²) in [5.41, 5.74) is 2.76. The standard InChI is InChI=1S/C20H30N2O3/c1-14-11-16(17(25-6)12-15(14)2)19(24)22-9-7-21(8-10-22)18(23)13-20(3,4)5/h11-12H,7-10,13H2,1-6H3. The molecule has 1 heterocycles. The van der Waals surface area contributed by atoms with E-state index < -0.39 is 0 Å². The van der Waals surface area contributed by atoms with Crippen molar-refractivity contribution in [3.63, 3.8) is 0 Å². The van der Waals surface area contributed by atoms with Gasteiger partial charge < -0.3 is 14.5 Å². The fourth-order valence-corrected chi connectivity index (χ4v) is 3.02. The van der Waals surface area contributed by atoms with E-state index in [1.807, 2.05) is 35.8 Å². The minimum atomic E-state index is -0.0251. The monoisotopic (exact) mass is 346 g/mol. The van der Waals surface area contributed by atoms with Crippen molar-refractivity contribution < 1.29 is 14.3 Å². The van der Waals surface area contributed by atoms with E-state index in [4.69, 9.17) is 4.74 Å². The minimum Gasteiger partial charge on any atom is -0.496 e. The second-order valence-electron chi connectivity index (χ2n) is 8.05. The van der Waals surface area contributed by atoms with Gasteiger partial charge >= 0.3 is 0 Å². The smallest absolute Gasteiger partial charge is 0.257 e. The highest BCUT2D eigenvalue weighted by molar-refractivity contribution is 5.97. The average molecular weight is 346 g/mol. The number of hydrogen-bond donors (Lipinski definition) is 0. The van der Waals surface area contributed by atoms with Crippen molar-refractivity contribution in [2.75, 3.05) is 33.3 Å². The van der Waals surface area contributed by atoms with Gasteiger partial charge in [0.2, 0.25) is 5.91 Å². The van der Waals surface area contributed by atoms with Crippen LogP contribution in [0.25, 0.3) is 0 Å². The normalized spacial score (nSPS) is 15.3. The van der Waals surface area contributed by atoms with Crippen molar-refractivity contribution in [2.24, 2.45) is 5.41 Å². The van der Waals surface area contributed by atoms with Crippen LogP contribution in [-0.4, -0.2) is 54.9 Å². The zero-order valence-corrected chi connectivity index (χ0v) is 16.3. The number of hydrogen-bond acceptors (Lipinski definition) is 3. The van der Waals surface area contributed by atoms with Gasteiger partial charge in [-0.25, -0.2) is 0 Å². The Morgan fingerprint density at radius 3 is 2.04 bits per heavy atom. The summed E-state index contributed by atoms with van der Waals surface area (Å²) in [4.78, 5) is 28.9. The maximum absolute atomic E-state index is 12.9. The first kappa shape index (κ1) is 19.3. The number of nitrogens with zero attached hydrogens (tertiary/aromatic N) is 2. The van der Waals surface area contributed by atoms with E-state index >= 15 is 0 Å². The van der Waals surface area contributed by atoms with E-state index in [2.05, 4.69) is 20.8 Å². The second-order valence-corrected chi connectivity index (χ2v) is 8.05. The molecule has 1 aliphatic rings. The predicted molar refractivity (Wildman–Crippen MR) is 99.0 cm³/mol. The lowest BCUT2D eigenvalue weighted by molar-refractivity contribution is -0.134. The second kappa shape index (κ2) is 7.46. The topological polar surface area (TPSA) is 49.9 Å². The van der Waals surface area contributed by atoms with Crippen molar-refractivity contribution in [3.8, 4) is 5.75 Å². The lowest BCUT2D eigenvalue weighted by Gasteiger charge is -2.36. The predicted octanol–water partition coefficient (Wildman–Crippen LogP) is 3.03. The molecule has 0 spiro atoms. The molecule has 25 heavy (non-hydrogen) atoms. The van der Waals surface area contributed by atoms with Gasteiger partial charge in [-0.3, -0.25) is 9.59 Å². The third kappa shape index (κ3) is 4.74. The van der Waals surface area contributed by atoms with Crippen LogP contribution in [0.4, 0.5) is 0 Å². The van der Waals surface area contributed by atoms with E-state index in [9.17, 15) is 9.59 Å². The van der Waals surface area contributed by atoms with Gasteiger partial charge in [0.25, 0.3) is 5.91 Å². The number of rotatable bonds is 3. The molecule has 0 N–H and O–H groups in total. The lowest BCUT2D eigenvalue weighted by atomic mass is 9.91. The Bertz CT molecular complexity index is 654. The maximum Gasteiger partial charge on any atom is 0.257 e. The fraction of sp³-hybridized carbons (Fsp3) is 0.600. The summed E-state index contributed by atoms with van der Waals surface area (Å²) in [6, 6.07) is 3.80. The third-order valence-electron chi connectivity index (χ3n) is 4.65. The number of aryl methyl sites for hydroxylation is 2. The van der Waals surface area contributed by atoms with Crippen LogP contribution in [0.2, 0.25) is 0 Å². The summed E-state index contributed by atoms with van der Waals surface area (Å²) in [6.07, 6.45) is 0.534. The summed E-state index contributed by atoms with van der Waals surface area (Å²) in [6.45, 7) is 12.5. The van der Waals surface area contributed by atoms with Crippen LogP contribution in [0, 0.1) is 19.3 Å². The molecule has 0 atom stereocenters. The summed E-state index contributed by atoms with van der Waals surface area (Å²) in [5, 5.41) is 0. The van der Waals surface area contributed by atoms with Gasteiger partial charge in [0.1, 0.15) is 5.75 Å². The van der Waals surface area contributed by atoms with Crippen LogP contribution < -0.4 is 4.74 Å². The van der Waals surface area contributed by atoms with E-state index in [0.29, 0.717) is 43.9 Å². The Balaban J connectivity index is 2.05. The number of carbonyl (C=O) groups is 2. The summed E-state index contributed by atoms with van der Waals surface area (Å²) >= 11 is 0. The molecular weight excluding hydrogens is 316 g/mol. The van der Waals surface area contributed by atoms with Gasteiger partial charge in [-0.2, -0.15) is 0 Å². The Morgan fingerprint density at radius 2 is 1.52 bits per heavy atom. The summed E-state index contributed by atoms with van der Waals surface area (Å²) in [7, 11) is 1.59. The zero-order valence-electron chi connectivity index (χ0n) is 16.3. The number of ether oxygens (including phenoxy) is 1. The van der Waals surface area contributed by atoms with Gasteiger partial charge in [-0.1, -0.05) is 20.8 Å². The quantitative estimate of drug-likeness (QED) is 0.845. The molecule has 2 amide bonds. The van der Waals surface area contributed by atoms with E-state index in [1.165, 1.54) is 0 Å². The van der Waals surface area contributed by atoms with Gasteiger partial charge in [0, 0.05) is 32.6 Å². The fourth-order valence-electron chi connectivity index (χ4n) is 3.02. The molecule has 2 rings (SSSR count). The van der Waals surface area contributed by atoms with Crippen LogP contribution >= 0.6 is 0 Å². The van der Waals surface area contributed by atoms with Crippen molar-refractivity contribution >= 4 is 11.8 Å². The third-order valence-corrected chi connectivity index (χ3v) is 4.65. The van der Waals surface area contributed by atoms with Crippen LogP contribution in [0.1, 0.15) is 48.7 Å². The number of piperazine rings is 1. The largest absolute Gasteiger partial charge is 0.496 e. The van der Waals surface area contributed by atoms with Crippen molar-refractivity contribution in [1.82, 2.24) is 9.80 Å². The molecule has 1 fully saturated rings. The van der Waals surface area contributed by atoms with Crippen molar-refractivity contribution in [2.45, 2.75) is 41.0 Å². The minimum absolute atomic E-state index is 0.0170. The molecule has 0 aromatic heterocycles. The van der Waals surface area contributed by atoms with Gasteiger partial charge in [-0.15, -0.1) is 0 Å². The number of methoxy groups -OCH3 is 1. The van der Waals surface area contributed by atoms with Gasteiger partial charge in [-0.05, 0) is 42.5 Å². The first-order chi connectivity index (χ1) is 11.6. The lowest BCUT2D eigenvalue weighted by Crippen LogP contribution is -2.51. The Hall–Kier alpha value is -2.04. The van der Waals surface area contributed by atoms with Crippen molar-refractivity contribution in [3.05, 3.63) is 28.8 Å². The molecule has 5 nitrogen and oxygen atoms in total. The Kier molecular flexibility index (Phi) is 5.76.